The van der Waals surface area contributed by atoms with Crippen molar-refractivity contribution in [2.24, 2.45) is 0 Å². The smallest absolute Gasteiger partial charge is 0.262 e. The van der Waals surface area contributed by atoms with Crippen LogP contribution in [0.5, 0.6) is 17.2 Å². The summed E-state index contributed by atoms with van der Waals surface area (Å²) in [6, 6.07) is 30.3. The largest absolute Gasteiger partial charge is 0.497 e. The van der Waals surface area contributed by atoms with Gasteiger partial charge in [0.25, 0.3) is 11.8 Å². The number of amides is 2. The average molecular weight is 478 g/mol. The van der Waals surface area contributed by atoms with Crippen molar-refractivity contribution in [3.63, 3.8) is 0 Å². The molecule has 4 aromatic carbocycles. The standard InChI is InChI=1S/C31H27NO4/c1-4-31(2,23-14-16-24(17-15-23)36-26-12-8-11-25(20-26)35-3)32-29(33)27-18-13-22(19-28(27)30(32)34)21-9-6-5-7-10-21/h5-20H,4H2,1-3H3. The van der Waals surface area contributed by atoms with Crippen molar-refractivity contribution in [2.45, 2.75) is 25.8 Å². The summed E-state index contributed by atoms with van der Waals surface area (Å²) in [5.74, 6) is 1.49. The molecule has 0 aliphatic carbocycles. The predicted octanol–water partition coefficient (Wildman–Crippen LogP) is 7.08. The molecule has 1 heterocycles. The molecule has 4 aromatic rings. The van der Waals surface area contributed by atoms with E-state index in [1.807, 2.05) is 105 Å². The molecule has 0 radical (unpaired) electrons. The van der Waals surface area contributed by atoms with Gasteiger partial charge in [-0.05, 0) is 66.4 Å². The second kappa shape index (κ2) is 9.34. The number of nitrogens with zero attached hydrogens (tertiary/aromatic N) is 1. The van der Waals surface area contributed by atoms with Crippen LogP contribution < -0.4 is 9.47 Å². The zero-order chi connectivity index (χ0) is 25.3. The van der Waals surface area contributed by atoms with Crippen LogP contribution in [0.1, 0.15) is 46.5 Å². The molecule has 0 saturated carbocycles. The van der Waals surface area contributed by atoms with Gasteiger partial charge in [-0.15, -0.1) is 0 Å². The van der Waals surface area contributed by atoms with E-state index in [1.165, 1.54) is 4.90 Å². The fourth-order valence-corrected chi connectivity index (χ4v) is 4.67. The number of carbonyl (C=O) groups is 2. The number of benzene rings is 4. The van der Waals surface area contributed by atoms with E-state index in [-0.39, 0.29) is 11.8 Å². The van der Waals surface area contributed by atoms with Gasteiger partial charge in [-0.25, -0.2) is 0 Å². The Morgan fingerprint density at radius 1 is 0.694 bits per heavy atom. The lowest BCUT2D eigenvalue weighted by atomic mass is 9.87. The van der Waals surface area contributed by atoms with Crippen molar-refractivity contribution >= 4 is 11.8 Å². The molecule has 0 aromatic heterocycles. The number of imide groups is 1. The second-order valence-corrected chi connectivity index (χ2v) is 9.00. The van der Waals surface area contributed by atoms with E-state index in [1.54, 1.807) is 13.2 Å². The molecule has 1 aliphatic heterocycles. The van der Waals surface area contributed by atoms with Crippen LogP contribution in [0.3, 0.4) is 0 Å². The van der Waals surface area contributed by atoms with E-state index in [4.69, 9.17) is 9.47 Å². The Kier molecular flexibility index (Phi) is 6.06. The highest BCUT2D eigenvalue weighted by Gasteiger charge is 2.46. The lowest BCUT2D eigenvalue weighted by molar-refractivity contribution is 0.0435. The van der Waals surface area contributed by atoms with Gasteiger partial charge in [0.15, 0.2) is 0 Å². The molecule has 1 unspecified atom stereocenters. The fraction of sp³-hybridized carbons (Fsp3) is 0.161. The first-order valence-electron chi connectivity index (χ1n) is 12.0. The maximum atomic E-state index is 13.6. The molecule has 1 atom stereocenters. The van der Waals surface area contributed by atoms with Crippen LogP contribution in [0.15, 0.2) is 97.1 Å². The van der Waals surface area contributed by atoms with Crippen LogP contribution in [-0.2, 0) is 5.54 Å². The number of hydrogen-bond donors (Lipinski definition) is 0. The van der Waals surface area contributed by atoms with Gasteiger partial charge in [0, 0.05) is 6.07 Å². The van der Waals surface area contributed by atoms with Crippen LogP contribution in [0.4, 0.5) is 0 Å². The van der Waals surface area contributed by atoms with Crippen LogP contribution in [-0.4, -0.2) is 23.8 Å². The van der Waals surface area contributed by atoms with E-state index in [2.05, 4.69) is 0 Å². The Hall–Kier alpha value is -4.38. The third kappa shape index (κ3) is 4.03. The normalized spacial score (nSPS) is 14.4. The SMILES string of the molecule is CCC(C)(c1ccc(Oc2cccc(OC)c2)cc1)N1C(=O)c2ccc(-c3ccccc3)cc2C1=O. The first kappa shape index (κ1) is 23.4. The summed E-state index contributed by atoms with van der Waals surface area (Å²) in [5, 5.41) is 0. The minimum absolute atomic E-state index is 0.268. The Morgan fingerprint density at radius 3 is 2.08 bits per heavy atom. The highest BCUT2D eigenvalue weighted by Crippen LogP contribution is 2.40. The van der Waals surface area contributed by atoms with Crippen LogP contribution in [0.2, 0.25) is 0 Å². The maximum Gasteiger partial charge on any atom is 0.262 e. The molecular weight excluding hydrogens is 450 g/mol. The number of ether oxygens (including phenoxy) is 2. The second-order valence-electron chi connectivity index (χ2n) is 9.00. The van der Waals surface area contributed by atoms with Gasteiger partial charge < -0.3 is 9.47 Å². The number of hydrogen-bond acceptors (Lipinski definition) is 4. The predicted molar refractivity (Wildman–Crippen MR) is 140 cm³/mol. The third-order valence-electron chi connectivity index (χ3n) is 6.93. The van der Waals surface area contributed by atoms with Crippen molar-refractivity contribution in [3.05, 3.63) is 114 Å². The molecule has 0 saturated heterocycles. The first-order valence-corrected chi connectivity index (χ1v) is 12.0. The van der Waals surface area contributed by atoms with E-state index < -0.39 is 5.54 Å². The minimum atomic E-state index is -0.811. The van der Waals surface area contributed by atoms with Gasteiger partial charge in [-0.3, -0.25) is 14.5 Å². The third-order valence-corrected chi connectivity index (χ3v) is 6.93. The summed E-state index contributed by atoms with van der Waals surface area (Å²) in [4.78, 5) is 28.5. The highest BCUT2D eigenvalue weighted by atomic mass is 16.5. The topological polar surface area (TPSA) is 55.8 Å². The molecule has 5 nitrogen and oxygen atoms in total. The lowest BCUT2D eigenvalue weighted by Gasteiger charge is -2.37. The van der Waals surface area contributed by atoms with Crippen LogP contribution in [0.25, 0.3) is 11.1 Å². The van der Waals surface area contributed by atoms with E-state index in [0.29, 0.717) is 34.8 Å². The summed E-state index contributed by atoms with van der Waals surface area (Å²) in [5.41, 5.74) is 2.85. The minimum Gasteiger partial charge on any atom is -0.497 e. The van der Waals surface area contributed by atoms with Gasteiger partial charge in [0.2, 0.25) is 0 Å². The van der Waals surface area contributed by atoms with Gasteiger partial charge in [0.05, 0.1) is 23.8 Å². The summed E-state index contributed by atoms with van der Waals surface area (Å²) in [6.45, 7) is 3.92. The van der Waals surface area contributed by atoms with Gasteiger partial charge in [-0.2, -0.15) is 0 Å². The van der Waals surface area contributed by atoms with Gasteiger partial charge >= 0.3 is 0 Å². The molecule has 5 heteroatoms. The summed E-state index contributed by atoms with van der Waals surface area (Å²) < 4.78 is 11.2. The van der Waals surface area contributed by atoms with Crippen LogP contribution in [0, 0.1) is 0 Å². The average Bonchev–Trinajstić information content (AvgIpc) is 3.18. The highest BCUT2D eigenvalue weighted by molar-refractivity contribution is 6.22. The number of methoxy groups -OCH3 is 1. The number of carbonyl (C=O) groups excluding carboxylic acids is 2. The molecule has 0 fully saturated rings. The monoisotopic (exact) mass is 477 g/mol. The number of rotatable bonds is 7. The molecule has 180 valence electrons. The van der Waals surface area contributed by atoms with E-state index in [0.717, 1.165) is 16.7 Å². The molecule has 36 heavy (non-hydrogen) atoms. The zero-order valence-corrected chi connectivity index (χ0v) is 20.5. The van der Waals surface area contributed by atoms with Crippen molar-refractivity contribution in [1.29, 1.82) is 0 Å². The summed E-state index contributed by atoms with van der Waals surface area (Å²) in [7, 11) is 1.61. The molecular formula is C31H27NO4. The van der Waals surface area contributed by atoms with E-state index >= 15 is 0 Å². The Bertz CT molecular complexity index is 1430. The van der Waals surface area contributed by atoms with E-state index in [9.17, 15) is 9.59 Å². The first-order chi connectivity index (χ1) is 17.4. The Labute approximate surface area is 210 Å². The van der Waals surface area contributed by atoms with Crippen molar-refractivity contribution in [2.75, 3.05) is 7.11 Å². The molecule has 0 bridgehead atoms. The Balaban J connectivity index is 1.43. The van der Waals surface area contributed by atoms with Crippen molar-refractivity contribution < 1.29 is 19.1 Å². The Morgan fingerprint density at radius 2 is 1.39 bits per heavy atom. The quantitative estimate of drug-likeness (QED) is 0.267. The fourth-order valence-electron chi connectivity index (χ4n) is 4.67. The molecule has 1 aliphatic rings. The zero-order valence-electron chi connectivity index (χ0n) is 20.5. The van der Waals surface area contributed by atoms with Crippen molar-refractivity contribution in [1.82, 2.24) is 4.90 Å². The molecule has 2 amide bonds. The molecule has 0 spiro atoms. The molecule has 5 rings (SSSR count). The summed E-state index contributed by atoms with van der Waals surface area (Å²) >= 11 is 0. The maximum absolute atomic E-state index is 13.6. The molecule has 0 N–H and O–H groups in total. The van der Waals surface area contributed by atoms with Crippen molar-refractivity contribution in [3.8, 4) is 28.4 Å². The van der Waals surface area contributed by atoms with Gasteiger partial charge in [0.1, 0.15) is 17.2 Å². The lowest BCUT2D eigenvalue weighted by Crippen LogP contribution is -2.47. The van der Waals surface area contributed by atoms with Crippen LogP contribution >= 0.6 is 0 Å². The summed E-state index contributed by atoms with van der Waals surface area (Å²) in [6.07, 6.45) is 0.570. The number of fused-ring (bicyclic) bond motifs is 1. The van der Waals surface area contributed by atoms with Gasteiger partial charge in [-0.1, -0.05) is 61.5 Å².